The van der Waals surface area contributed by atoms with Crippen molar-refractivity contribution in [1.82, 2.24) is 15.6 Å². The Morgan fingerprint density at radius 2 is 1.54 bits per heavy atom. The van der Waals surface area contributed by atoms with Gasteiger partial charge in [-0.3, -0.25) is 14.4 Å². The van der Waals surface area contributed by atoms with Gasteiger partial charge in [-0.25, -0.2) is 5.01 Å². The SMILES string of the molecule is CC(C)N1N=C(C2(CCCCN)c3ccc(CNC=O)cc3CCc3cc(CNC=O)ccc32)CC1=O. The minimum Gasteiger partial charge on any atom is -0.355 e. The summed E-state index contributed by atoms with van der Waals surface area (Å²) >= 11 is 0. The maximum absolute atomic E-state index is 13.1. The fourth-order valence-corrected chi connectivity index (χ4v) is 5.84. The Morgan fingerprint density at radius 3 is 2.00 bits per heavy atom. The molecule has 0 fully saturated rings. The summed E-state index contributed by atoms with van der Waals surface area (Å²) in [4.78, 5) is 34.9. The highest BCUT2D eigenvalue weighted by Gasteiger charge is 2.47. The zero-order chi connectivity index (χ0) is 26.4. The Morgan fingerprint density at radius 1 is 0.973 bits per heavy atom. The van der Waals surface area contributed by atoms with Crippen LogP contribution in [0.3, 0.4) is 0 Å². The molecule has 2 aromatic rings. The standard InChI is InChI=1S/C29H37N5O3/c1-20(2)34-28(37)15-27(33-34)29(11-3-4-12-30)25-9-5-21(16-31-18-35)13-23(25)7-8-24-14-22(17-32-19-36)6-10-26(24)29/h5-6,9-10,13-14,18-20H,3-4,7-8,11-12,15-17,30H2,1-2H3,(H,31,35)(H,32,36). The summed E-state index contributed by atoms with van der Waals surface area (Å²) in [6, 6.07) is 12.8. The quantitative estimate of drug-likeness (QED) is 0.305. The van der Waals surface area contributed by atoms with Crippen molar-refractivity contribution in [2.45, 2.75) is 76.9 Å². The second-order valence-electron chi connectivity index (χ2n) is 10.2. The van der Waals surface area contributed by atoms with Crippen molar-refractivity contribution in [3.63, 3.8) is 0 Å². The number of nitrogens with two attached hydrogens (primary N) is 1. The first kappa shape index (κ1) is 26.5. The van der Waals surface area contributed by atoms with Crippen molar-refractivity contribution in [2.24, 2.45) is 10.8 Å². The van der Waals surface area contributed by atoms with Crippen LogP contribution in [0.4, 0.5) is 0 Å². The fraction of sp³-hybridized carbons (Fsp3) is 0.448. The molecule has 1 aliphatic heterocycles. The van der Waals surface area contributed by atoms with Gasteiger partial charge in [-0.1, -0.05) is 42.8 Å². The molecule has 3 amide bonds. The Balaban J connectivity index is 1.94. The number of rotatable bonds is 12. The highest BCUT2D eigenvalue weighted by molar-refractivity contribution is 6.12. The van der Waals surface area contributed by atoms with Gasteiger partial charge in [-0.2, -0.15) is 5.10 Å². The van der Waals surface area contributed by atoms with E-state index >= 15 is 0 Å². The van der Waals surface area contributed by atoms with E-state index in [1.807, 2.05) is 13.8 Å². The minimum absolute atomic E-state index is 0.0224. The Kier molecular flexibility index (Phi) is 8.38. The lowest BCUT2D eigenvalue weighted by Crippen LogP contribution is -2.38. The van der Waals surface area contributed by atoms with Crippen LogP contribution in [0.5, 0.6) is 0 Å². The van der Waals surface area contributed by atoms with Crippen LogP contribution in [0.25, 0.3) is 0 Å². The largest absolute Gasteiger partial charge is 0.355 e. The molecule has 4 rings (SSSR count). The number of aryl methyl sites for hydroxylation is 2. The smallest absolute Gasteiger partial charge is 0.248 e. The summed E-state index contributed by atoms with van der Waals surface area (Å²) in [6.45, 7) is 5.50. The van der Waals surface area contributed by atoms with Crippen LogP contribution < -0.4 is 16.4 Å². The number of amides is 3. The molecule has 0 radical (unpaired) electrons. The fourth-order valence-electron chi connectivity index (χ4n) is 5.84. The first-order valence-corrected chi connectivity index (χ1v) is 13.1. The highest BCUT2D eigenvalue weighted by Crippen LogP contribution is 2.47. The summed E-state index contributed by atoms with van der Waals surface area (Å²) < 4.78 is 0. The number of fused-ring (bicyclic) bond motifs is 2. The Hall–Kier alpha value is -3.52. The van der Waals surface area contributed by atoms with Crippen LogP contribution in [-0.4, -0.2) is 42.0 Å². The van der Waals surface area contributed by atoms with E-state index in [4.69, 9.17) is 10.8 Å². The zero-order valence-electron chi connectivity index (χ0n) is 21.8. The van der Waals surface area contributed by atoms with Crippen molar-refractivity contribution >= 4 is 24.4 Å². The van der Waals surface area contributed by atoms with Gasteiger partial charge in [0.25, 0.3) is 0 Å². The third-order valence-electron chi connectivity index (χ3n) is 7.49. The number of nitrogens with zero attached hydrogens (tertiary/aromatic N) is 2. The summed E-state index contributed by atoms with van der Waals surface area (Å²) in [5.41, 5.74) is 13.1. The minimum atomic E-state index is -0.567. The summed E-state index contributed by atoms with van der Waals surface area (Å²) in [6.07, 6.45) is 5.94. The van der Waals surface area contributed by atoms with Gasteiger partial charge in [0.1, 0.15) is 0 Å². The highest BCUT2D eigenvalue weighted by atomic mass is 16.2. The summed E-state index contributed by atoms with van der Waals surface area (Å²) in [5.74, 6) is 0.0224. The van der Waals surface area contributed by atoms with Crippen LogP contribution in [0.15, 0.2) is 41.5 Å². The molecule has 0 saturated heterocycles. The number of unbranched alkanes of at least 4 members (excludes halogenated alkanes) is 1. The molecule has 1 heterocycles. The average molecular weight is 504 g/mol. The molecule has 0 bridgehead atoms. The molecule has 0 spiro atoms. The van der Waals surface area contributed by atoms with Crippen molar-refractivity contribution in [3.05, 3.63) is 69.8 Å². The average Bonchev–Trinajstić information content (AvgIpc) is 3.24. The lowest BCUT2D eigenvalue weighted by molar-refractivity contribution is -0.130. The molecule has 2 aromatic carbocycles. The number of nitrogens with one attached hydrogen (secondary N) is 2. The molecule has 1 aliphatic carbocycles. The molecule has 0 unspecified atom stereocenters. The van der Waals surface area contributed by atoms with Crippen molar-refractivity contribution < 1.29 is 14.4 Å². The van der Waals surface area contributed by atoms with E-state index < -0.39 is 5.41 Å². The molecule has 0 saturated carbocycles. The van der Waals surface area contributed by atoms with Gasteiger partial charge in [0.05, 0.1) is 17.5 Å². The van der Waals surface area contributed by atoms with Gasteiger partial charge < -0.3 is 16.4 Å². The third-order valence-corrected chi connectivity index (χ3v) is 7.49. The molecule has 8 heteroatoms. The molecule has 196 valence electrons. The van der Waals surface area contributed by atoms with Gasteiger partial charge >= 0.3 is 0 Å². The normalized spacial score (nSPS) is 16.1. The van der Waals surface area contributed by atoms with Crippen LogP contribution in [0.1, 0.15) is 72.9 Å². The van der Waals surface area contributed by atoms with Gasteiger partial charge in [-0.05, 0) is 79.5 Å². The lowest BCUT2D eigenvalue weighted by Gasteiger charge is -2.37. The number of benzene rings is 2. The lowest BCUT2D eigenvalue weighted by atomic mass is 9.65. The molecule has 37 heavy (non-hydrogen) atoms. The number of hydrogen-bond donors (Lipinski definition) is 3. The van der Waals surface area contributed by atoms with Crippen LogP contribution in [0, 0.1) is 0 Å². The number of carbonyl (C=O) groups excluding carboxylic acids is 3. The van der Waals surface area contributed by atoms with Crippen molar-refractivity contribution in [3.8, 4) is 0 Å². The zero-order valence-corrected chi connectivity index (χ0v) is 21.8. The van der Waals surface area contributed by atoms with Crippen LogP contribution in [-0.2, 0) is 45.7 Å². The first-order chi connectivity index (χ1) is 17.9. The van der Waals surface area contributed by atoms with E-state index in [-0.39, 0.29) is 18.4 Å². The van der Waals surface area contributed by atoms with Gasteiger partial charge in [0, 0.05) is 19.1 Å². The third kappa shape index (κ3) is 5.30. The second kappa shape index (κ2) is 11.7. The number of hydrazone groups is 1. The van der Waals surface area contributed by atoms with E-state index in [1.54, 1.807) is 5.01 Å². The van der Waals surface area contributed by atoms with E-state index in [0.29, 0.717) is 32.5 Å². The molecule has 2 aliphatic rings. The topological polar surface area (TPSA) is 117 Å². The maximum atomic E-state index is 13.1. The van der Waals surface area contributed by atoms with E-state index in [0.717, 1.165) is 48.9 Å². The summed E-state index contributed by atoms with van der Waals surface area (Å²) in [5, 5.41) is 12.1. The second-order valence-corrected chi connectivity index (χ2v) is 10.2. The number of hydrogen-bond acceptors (Lipinski definition) is 5. The monoisotopic (exact) mass is 503 g/mol. The van der Waals surface area contributed by atoms with E-state index in [2.05, 4.69) is 47.0 Å². The molecule has 0 atom stereocenters. The number of carbonyl (C=O) groups is 3. The molecule has 0 aromatic heterocycles. The van der Waals surface area contributed by atoms with Crippen molar-refractivity contribution in [2.75, 3.05) is 6.54 Å². The van der Waals surface area contributed by atoms with E-state index in [1.165, 1.54) is 22.3 Å². The van der Waals surface area contributed by atoms with Crippen LogP contribution >= 0.6 is 0 Å². The van der Waals surface area contributed by atoms with Crippen LogP contribution in [0.2, 0.25) is 0 Å². The predicted octanol–water partition coefficient (Wildman–Crippen LogP) is 2.69. The molecular formula is C29H37N5O3. The molecule has 4 N–H and O–H groups in total. The summed E-state index contributed by atoms with van der Waals surface area (Å²) in [7, 11) is 0. The van der Waals surface area contributed by atoms with Gasteiger partial charge in [0.2, 0.25) is 18.7 Å². The van der Waals surface area contributed by atoms with Gasteiger partial charge in [-0.15, -0.1) is 0 Å². The Bertz CT molecular complexity index is 1130. The molecular weight excluding hydrogens is 466 g/mol. The van der Waals surface area contributed by atoms with Crippen molar-refractivity contribution in [1.29, 1.82) is 0 Å². The van der Waals surface area contributed by atoms with Gasteiger partial charge in [0.15, 0.2) is 0 Å². The predicted molar refractivity (Wildman–Crippen MR) is 144 cm³/mol. The molecule has 8 nitrogen and oxygen atoms in total. The Labute approximate surface area is 218 Å². The first-order valence-electron chi connectivity index (χ1n) is 13.1. The van der Waals surface area contributed by atoms with E-state index in [9.17, 15) is 14.4 Å². The maximum Gasteiger partial charge on any atom is 0.248 e.